The molecular formula is C12H18ClNO. The van der Waals surface area contributed by atoms with Crippen molar-refractivity contribution in [2.24, 2.45) is 11.3 Å². The second-order valence-electron chi connectivity index (χ2n) is 5.21. The minimum absolute atomic E-state index is 0.466. The topological polar surface area (TPSA) is 21.3 Å². The van der Waals surface area contributed by atoms with E-state index in [1.54, 1.807) is 0 Å². The van der Waals surface area contributed by atoms with Crippen LogP contribution in [0, 0.1) is 11.3 Å². The number of ether oxygens (including phenoxy) is 1. The zero-order valence-electron chi connectivity index (χ0n) is 8.97. The van der Waals surface area contributed by atoms with Crippen LogP contribution in [-0.4, -0.2) is 25.3 Å². The second-order valence-corrected chi connectivity index (χ2v) is 5.74. The van der Waals surface area contributed by atoms with Gasteiger partial charge in [0.2, 0.25) is 0 Å². The lowest BCUT2D eigenvalue weighted by Gasteiger charge is -2.63. The second kappa shape index (κ2) is 3.47. The largest absolute Gasteiger partial charge is 0.377 e. The van der Waals surface area contributed by atoms with Gasteiger partial charge in [0.15, 0.2) is 0 Å². The summed E-state index contributed by atoms with van der Waals surface area (Å²) >= 11 is 5.81. The van der Waals surface area contributed by atoms with Crippen LogP contribution in [0.25, 0.3) is 0 Å². The first-order valence-electron chi connectivity index (χ1n) is 5.92. The number of hydrogen-bond donors (Lipinski definition) is 1. The first-order valence-corrected chi connectivity index (χ1v) is 6.30. The van der Waals surface area contributed by atoms with E-state index in [1.807, 2.05) is 0 Å². The predicted octanol–water partition coefficient (Wildman–Crippen LogP) is 2.29. The Bertz CT molecular complexity index is 287. The van der Waals surface area contributed by atoms with E-state index in [0.29, 0.717) is 22.6 Å². The highest BCUT2D eigenvalue weighted by molar-refractivity contribution is 6.29. The Morgan fingerprint density at radius 3 is 2.93 bits per heavy atom. The van der Waals surface area contributed by atoms with Crippen LogP contribution in [0.4, 0.5) is 0 Å². The first kappa shape index (κ1) is 10.1. The van der Waals surface area contributed by atoms with Gasteiger partial charge in [0.05, 0.1) is 6.10 Å². The molecule has 3 unspecified atom stereocenters. The lowest BCUT2D eigenvalue weighted by molar-refractivity contribution is -0.175. The van der Waals surface area contributed by atoms with Crippen molar-refractivity contribution < 1.29 is 4.74 Å². The smallest absolute Gasteiger partial charge is 0.0690 e. The molecule has 3 heteroatoms. The summed E-state index contributed by atoms with van der Waals surface area (Å²) in [5, 5.41) is 4.29. The zero-order chi connectivity index (χ0) is 10.5. The summed E-state index contributed by atoms with van der Waals surface area (Å²) in [6.45, 7) is 5.44. The number of nitrogens with one attached hydrogen (secondary N) is 1. The van der Waals surface area contributed by atoms with Gasteiger partial charge in [0.1, 0.15) is 0 Å². The molecule has 1 heterocycles. The summed E-state index contributed by atoms with van der Waals surface area (Å²) in [6, 6.07) is 0.634. The highest BCUT2D eigenvalue weighted by Gasteiger charge is 2.66. The van der Waals surface area contributed by atoms with Gasteiger partial charge in [0.25, 0.3) is 0 Å². The number of fused-ring (bicyclic) bond motifs is 2. The van der Waals surface area contributed by atoms with Crippen molar-refractivity contribution in [3.05, 3.63) is 11.6 Å². The highest BCUT2D eigenvalue weighted by atomic mass is 35.5. The average molecular weight is 228 g/mol. The molecule has 84 valence electrons. The van der Waals surface area contributed by atoms with Gasteiger partial charge in [-0.15, -0.1) is 0 Å². The SMILES string of the molecule is C=C(Cl)CNC1C2CCOC2C12CCC2. The molecule has 0 amide bonds. The van der Waals surface area contributed by atoms with E-state index < -0.39 is 0 Å². The normalized spacial score (nSPS) is 40.7. The Morgan fingerprint density at radius 1 is 1.53 bits per heavy atom. The molecule has 3 atom stereocenters. The maximum absolute atomic E-state index is 5.85. The maximum Gasteiger partial charge on any atom is 0.0690 e. The molecule has 0 aromatic carbocycles. The Morgan fingerprint density at radius 2 is 2.33 bits per heavy atom. The lowest BCUT2D eigenvalue weighted by Crippen LogP contribution is -2.71. The summed E-state index contributed by atoms with van der Waals surface area (Å²) in [5.41, 5.74) is 0.466. The summed E-state index contributed by atoms with van der Waals surface area (Å²) in [5.74, 6) is 0.737. The minimum atomic E-state index is 0.466. The van der Waals surface area contributed by atoms with Crippen molar-refractivity contribution in [3.63, 3.8) is 0 Å². The molecule has 1 spiro atoms. The molecule has 2 aliphatic carbocycles. The van der Waals surface area contributed by atoms with Crippen LogP contribution in [0.15, 0.2) is 11.6 Å². The quantitative estimate of drug-likeness (QED) is 0.799. The molecule has 0 aromatic rings. The average Bonchev–Trinajstić information content (AvgIpc) is 2.47. The van der Waals surface area contributed by atoms with Crippen molar-refractivity contribution in [1.82, 2.24) is 5.32 Å². The lowest BCUT2D eigenvalue weighted by atomic mass is 9.46. The van der Waals surface area contributed by atoms with Crippen LogP contribution in [0.3, 0.4) is 0 Å². The van der Waals surface area contributed by atoms with Gasteiger partial charge in [-0.25, -0.2) is 0 Å². The van der Waals surface area contributed by atoms with Crippen molar-refractivity contribution in [2.45, 2.75) is 37.8 Å². The Labute approximate surface area is 96.0 Å². The third-order valence-corrected chi connectivity index (χ3v) is 4.68. The maximum atomic E-state index is 5.85. The Kier molecular flexibility index (Phi) is 2.35. The van der Waals surface area contributed by atoms with Gasteiger partial charge >= 0.3 is 0 Å². The molecule has 0 aromatic heterocycles. The van der Waals surface area contributed by atoms with Crippen LogP contribution < -0.4 is 5.32 Å². The van der Waals surface area contributed by atoms with Crippen molar-refractivity contribution in [2.75, 3.05) is 13.2 Å². The van der Waals surface area contributed by atoms with Gasteiger partial charge in [-0.1, -0.05) is 24.6 Å². The number of hydrogen-bond acceptors (Lipinski definition) is 2. The van der Waals surface area contributed by atoms with Crippen molar-refractivity contribution >= 4 is 11.6 Å². The molecule has 1 saturated heterocycles. The van der Waals surface area contributed by atoms with E-state index >= 15 is 0 Å². The third kappa shape index (κ3) is 1.31. The van der Waals surface area contributed by atoms with Gasteiger partial charge in [-0.2, -0.15) is 0 Å². The summed E-state index contributed by atoms with van der Waals surface area (Å²) in [4.78, 5) is 0. The molecule has 15 heavy (non-hydrogen) atoms. The molecule has 1 aliphatic heterocycles. The monoisotopic (exact) mass is 227 g/mol. The van der Waals surface area contributed by atoms with Crippen LogP contribution in [0.1, 0.15) is 25.7 Å². The molecular weight excluding hydrogens is 210 g/mol. The first-order chi connectivity index (χ1) is 7.24. The molecule has 2 saturated carbocycles. The van der Waals surface area contributed by atoms with Gasteiger partial charge in [-0.05, 0) is 19.3 Å². The summed E-state index contributed by atoms with van der Waals surface area (Å²) in [7, 11) is 0. The van der Waals surface area contributed by atoms with Gasteiger partial charge in [0, 0.05) is 35.6 Å². The number of halogens is 1. The molecule has 2 nitrogen and oxygen atoms in total. The van der Waals surface area contributed by atoms with Gasteiger partial charge < -0.3 is 10.1 Å². The van der Waals surface area contributed by atoms with Crippen LogP contribution in [-0.2, 0) is 4.74 Å². The fraction of sp³-hybridized carbons (Fsp3) is 0.833. The summed E-state index contributed by atoms with van der Waals surface area (Å²) < 4.78 is 5.85. The third-order valence-electron chi connectivity index (χ3n) is 4.55. The van der Waals surface area contributed by atoms with Crippen molar-refractivity contribution in [1.29, 1.82) is 0 Å². The van der Waals surface area contributed by atoms with Gasteiger partial charge in [-0.3, -0.25) is 0 Å². The van der Waals surface area contributed by atoms with E-state index in [-0.39, 0.29) is 0 Å². The zero-order valence-corrected chi connectivity index (χ0v) is 9.72. The molecule has 0 bridgehead atoms. The van der Waals surface area contributed by atoms with E-state index in [0.717, 1.165) is 19.1 Å². The predicted molar refractivity (Wildman–Crippen MR) is 60.9 cm³/mol. The van der Waals surface area contributed by atoms with Crippen LogP contribution in [0.5, 0.6) is 0 Å². The summed E-state index contributed by atoms with van der Waals surface area (Å²) in [6.07, 6.45) is 5.81. The number of rotatable bonds is 3. The molecule has 3 rings (SSSR count). The molecule has 3 aliphatic rings. The Hall–Kier alpha value is -0.0500. The van der Waals surface area contributed by atoms with E-state index in [2.05, 4.69) is 11.9 Å². The minimum Gasteiger partial charge on any atom is -0.377 e. The molecule has 0 radical (unpaired) electrons. The van der Waals surface area contributed by atoms with Crippen molar-refractivity contribution in [3.8, 4) is 0 Å². The van der Waals surface area contributed by atoms with E-state index in [1.165, 1.54) is 25.7 Å². The standard InChI is InChI=1S/C12H18ClNO/c1-8(13)7-14-10-9-3-6-15-11(9)12(10)4-2-5-12/h9-11,14H,1-7H2. The Balaban J connectivity index is 1.68. The fourth-order valence-corrected chi connectivity index (χ4v) is 3.86. The molecule has 1 N–H and O–H groups in total. The van der Waals surface area contributed by atoms with E-state index in [4.69, 9.17) is 16.3 Å². The fourth-order valence-electron chi connectivity index (χ4n) is 3.78. The van der Waals surface area contributed by atoms with E-state index in [9.17, 15) is 0 Å². The molecule has 3 fully saturated rings. The van der Waals surface area contributed by atoms with Crippen LogP contribution >= 0.6 is 11.6 Å². The highest BCUT2D eigenvalue weighted by Crippen LogP contribution is 2.62. The van der Waals surface area contributed by atoms with Crippen LogP contribution in [0.2, 0.25) is 0 Å².